The fraction of sp³-hybridized carbons (Fsp3) is 0.560. The molecule has 34 heavy (non-hydrogen) atoms. The molecule has 3 aliphatic rings. The third-order valence-electron chi connectivity index (χ3n) is 7.07. The predicted molar refractivity (Wildman–Crippen MR) is 130 cm³/mol. The molecule has 0 radical (unpaired) electrons. The topological polar surface area (TPSA) is 88.8 Å². The summed E-state index contributed by atoms with van der Waals surface area (Å²) in [4.78, 5) is 13.9. The second-order valence-electron chi connectivity index (χ2n) is 9.73. The molecular weight excluding hydrogens is 432 g/mol. The monoisotopic (exact) mass is 464 g/mol. The molecule has 180 valence electrons. The van der Waals surface area contributed by atoms with Gasteiger partial charge in [0.15, 0.2) is 12.1 Å². The van der Waals surface area contributed by atoms with Crippen molar-refractivity contribution in [2.24, 2.45) is 0 Å². The summed E-state index contributed by atoms with van der Waals surface area (Å²) in [7, 11) is 0. The van der Waals surface area contributed by atoms with Crippen LogP contribution in [0.15, 0.2) is 24.4 Å². The van der Waals surface area contributed by atoms with E-state index in [9.17, 15) is 5.11 Å². The Morgan fingerprint density at radius 2 is 1.85 bits per heavy atom. The van der Waals surface area contributed by atoms with Gasteiger partial charge in [-0.15, -0.1) is 0 Å². The first kappa shape index (κ1) is 21.8. The average molecular weight is 465 g/mol. The van der Waals surface area contributed by atoms with E-state index < -0.39 is 0 Å². The maximum Gasteiger partial charge on any atom is 0.159 e. The fourth-order valence-corrected chi connectivity index (χ4v) is 5.21. The van der Waals surface area contributed by atoms with Gasteiger partial charge < -0.3 is 24.4 Å². The minimum Gasteiger partial charge on any atom is -0.391 e. The zero-order chi connectivity index (χ0) is 23.2. The number of anilines is 2. The molecule has 3 fully saturated rings. The Hall–Kier alpha value is -2.75. The van der Waals surface area contributed by atoms with Gasteiger partial charge in [-0.25, -0.2) is 14.6 Å². The van der Waals surface area contributed by atoms with E-state index in [2.05, 4.69) is 38.9 Å². The van der Waals surface area contributed by atoms with Crippen LogP contribution in [0.4, 0.5) is 11.5 Å². The minimum atomic E-state index is -0.263. The highest BCUT2D eigenvalue weighted by Crippen LogP contribution is 2.31. The van der Waals surface area contributed by atoms with Gasteiger partial charge >= 0.3 is 0 Å². The predicted octanol–water partition coefficient (Wildman–Crippen LogP) is 2.74. The van der Waals surface area contributed by atoms with Crippen LogP contribution in [-0.2, 0) is 9.47 Å². The Morgan fingerprint density at radius 3 is 2.62 bits per heavy atom. The summed E-state index contributed by atoms with van der Waals surface area (Å²) < 4.78 is 13.7. The van der Waals surface area contributed by atoms with Gasteiger partial charge in [-0.05, 0) is 57.2 Å². The molecule has 1 unspecified atom stereocenters. The van der Waals surface area contributed by atoms with Crippen LogP contribution < -0.4 is 9.80 Å². The maximum absolute atomic E-state index is 10.0. The number of hydrogen-bond donors (Lipinski definition) is 1. The van der Waals surface area contributed by atoms with Crippen molar-refractivity contribution >= 4 is 22.4 Å². The van der Waals surface area contributed by atoms with E-state index in [-0.39, 0.29) is 18.5 Å². The van der Waals surface area contributed by atoms with Crippen molar-refractivity contribution in [2.45, 2.75) is 58.0 Å². The molecule has 2 aromatic heterocycles. The molecule has 0 spiro atoms. The number of aliphatic hydroxyl groups excluding tert-OH is 1. The Labute approximate surface area is 199 Å². The lowest BCUT2D eigenvalue weighted by Gasteiger charge is -2.41. The second kappa shape index (κ2) is 8.79. The smallest absolute Gasteiger partial charge is 0.159 e. The lowest BCUT2D eigenvalue weighted by molar-refractivity contribution is -0.191. The zero-order valence-electron chi connectivity index (χ0n) is 19.9. The van der Waals surface area contributed by atoms with Crippen LogP contribution in [0, 0.1) is 13.8 Å². The summed E-state index contributed by atoms with van der Waals surface area (Å²) in [5, 5.41) is 15.8. The van der Waals surface area contributed by atoms with Gasteiger partial charge in [0, 0.05) is 49.9 Å². The minimum absolute atomic E-state index is 0.0617. The molecule has 0 bridgehead atoms. The summed E-state index contributed by atoms with van der Waals surface area (Å²) in [6.07, 6.45) is 5.83. The summed E-state index contributed by atoms with van der Waals surface area (Å²) >= 11 is 0. The van der Waals surface area contributed by atoms with Crippen molar-refractivity contribution in [1.29, 1.82) is 0 Å². The van der Waals surface area contributed by atoms with Crippen LogP contribution in [0.1, 0.15) is 37.1 Å². The molecule has 9 heteroatoms. The standard InChI is InChI=1S/C25H32N6O3/c1-16-9-18-12-26-31(22(18)10-21(16)29-7-6-19(32)13-29)24-11-23(27-17(2)28-24)30-14-20(15-30)34-25-5-3-4-8-33-25/h9-12,19-20,25,32H,3-8,13-15H2,1-2H3/t19-,25?/m0/s1. The van der Waals surface area contributed by atoms with Crippen molar-refractivity contribution in [3.05, 3.63) is 35.8 Å². The van der Waals surface area contributed by atoms with E-state index in [1.807, 2.05) is 23.9 Å². The van der Waals surface area contributed by atoms with Gasteiger partial charge in [0.2, 0.25) is 0 Å². The number of β-amino-alcohol motifs (C(OH)–C–C–N with tert-alkyl or cyclic N) is 1. The normalized spacial score (nSPS) is 23.6. The van der Waals surface area contributed by atoms with Crippen LogP contribution in [0.3, 0.4) is 0 Å². The Morgan fingerprint density at radius 1 is 1.00 bits per heavy atom. The number of rotatable bonds is 5. The molecule has 1 aromatic carbocycles. The highest BCUT2D eigenvalue weighted by Gasteiger charge is 2.32. The largest absolute Gasteiger partial charge is 0.391 e. The molecule has 0 aliphatic carbocycles. The summed E-state index contributed by atoms with van der Waals surface area (Å²) in [5.41, 5.74) is 3.34. The molecule has 0 saturated carbocycles. The van der Waals surface area contributed by atoms with Crippen LogP contribution >= 0.6 is 0 Å². The first-order valence-corrected chi connectivity index (χ1v) is 12.3. The lowest BCUT2D eigenvalue weighted by atomic mass is 10.1. The van der Waals surface area contributed by atoms with Gasteiger partial charge in [-0.2, -0.15) is 5.10 Å². The number of nitrogens with zero attached hydrogens (tertiary/aromatic N) is 6. The summed E-state index contributed by atoms with van der Waals surface area (Å²) in [5.74, 6) is 2.37. The molecule has 3 saturated heterocycles. The quantitative estimate of drug-likeness (QED) is 0.617. The van der Waals surface area contributed by atoms with E-state index in [1.165, 1.54) is 12.0 Å². The highest BCUT2D eigenvalue weighted by atomic mass is 16.7. The van der Waals surface area contributed by atoms with Gasteiger partial charge in [0.1, 0.15) is 11.6 Å². The maximum atomic E-state index is 10.0. The number of hydrogen-bond acceptors (Lipinski definition) is 8. The van der Waals surface area contributed by atoms with Crippen molar-refractivity contribution < 1.29 is 14.6 Å². The first-order chi connectivity index (χ1) is 16.5. The van der Waals surface area contributed by atoms with E-state index >= 15 is 0 Å². The summed E-state index contributed by atoms with van der Waals surface area (Å²) in [6, 6.07) is 6.34. The third-order valence-corrected chi connectivity index (χ3v) is 7.07. The zero-order valence-corrected chi connectivity index (χ0v) is 19.9. The third kappa shape index (κ3) is 4.12. The molecule has 6 rings (SSSR count). The molecule has 3 aromatic rings. The van der Waals surface area contributed by atoms with Crippen LogP contribution in [-0.4, -0.2) is 76.1 Å². The highest BCUT2D eigenvalue weighted by molar-refractivity contribution is 5.85. The second-order valence-corrected chi connectivity index (χ2v) is 9.73. The van der Waals surface area contributed by atoms with Gasteiger partial charge in [-0.1, -0.05) is 0 Å². The molecule has 0 amide bonds. The fourth-order valence-electron chi connectivity index (χ4n) is 5.21. The molecule has 1 N–H and O–H groups in total. The van der Waals surface area contributed by atoms with Crippen LogP contribution in [0.2, 0.25) is 0 Å². The molecule has 3 aliphatic heterocycles. The average Bonchev–Trinajstić information content (AvgIpc) is 3.41. The van der Waals surface area contributed by atoms with Crippen molar-refractivity contribution in [3.8, 4) is 5.82 Å². The van der Waals surface area contributed by atoms with E-state index in [0.29, 0.717) is 12.4 Å². The Kier molecular flexibility index (Phi) is 5.63. The van der Waals surface area contributed by atoms with Crippen molar-refractivity contribution in [1.82, 2.24) is 19.7 Å². The number of benzene rings is 1. The van der Waals surface area contributed by atoms with Crippen LogP contribution in [0.5, 0.6) is 0 Å². The molecule has 9 nitrogen and oxygen atoms in total. The molecule has 2 atom stereocenters. The van der Waals surface area contributed by atoms with Gasteiger partial charge in [0.25, 0.3) is 0 Å². The van der Waals surface area contributed by atoms with Crippen LogP contribution in [0.25, 0.3) is 16.7 Å². The van der Waals surface area contributed by atoms with Gasteiger partial charge in [-0.3, -0.25) is 0 Å². The lowest BCUT2D eigenvalue weighted by Crippen LogP contribution is -2.54. The number of ether oxygens (including phenoxy) is 2. The van der Waals surface area contributed by atoms with Gasteiger partial charge in [0.05, 0.1) is 23.9 Å². The first-order valence-electron chi connectivity index (χ1n) is 12.3. The SMILES string of the molecule is Cc1nc(N2CC(OC3CCCCO3)C2)cc(-n2ncc3cc(C)c(N4CC[C@H](O)C4)cc32)n1. The number of aryl methyl sites for hydroxylation is 2. The van der Waals surface area contributed by atoms with E-state index in [1.54, 1.807) is 0 Å². The molecule has 5 heterocycles. The molecular formula is C25H32N6O3. The number of aliphatic hydroxyl groups is 1. The summed E-state index contributed by atoms with van der Waals surface area (Å²) in [6.45, 7) is 7.97. The number of fused-ring (bicyclic) bond motifs is 1. The Bertz CT molecular complexity index is 1180. The number of aromatic nitrogens is 4. The Balaban J connectivity index is 1.24. The van der Waals surface area contributed by atoms with Crippen molar-refractivity contribution in [2.75, 3.05) is 42.6 Å². The van der Waals surface area contributed by atoms with E-state index in [4.69, 9.17) is 14.5 Å². The van der Waals surface area contributed by atoms with Crippen molar-refractivity contribution in [3.63, 3.8) is 0 Å². The van der Waals surface area contributed by atoms with E-state index in [0.717, 1.165) is 73.7 Å².